The molecule has 3 heteroatoms. The molecule has 0 saturated carbocycles. The zero-order valence-electron chi connectivity index (χ0n) is 6.29. The number of hydrogen-bond acceptors (Lipinski definition) is 2. The van der Waals surface area contributed by atoms with Crippen LogP contribution in [0.3, 0.4) is 0 Å². The van der Waals surface area contributed by atoms with Crippen LogP contribution in [0.15, 0.2) is 24.3 Å². The number of nitrogens with two attached hydrogens (primary N) is 1. The quantitative estimate of drug-likeness (QED) is 0.651. The van der Waals surface area contributed by atoms with Crippen LogP contribution in [0.1, 0.15) is 5.56 Å². The molecule has 0 aliphatic rings. The molecule has 58 valence electrons. The molecule has 0 amide bonds. The zero-order chi connectivity index (χ0) is 8.27. The molecule has 0 fully saturated rings. The molecule has 1 aromatic rings. The maximum atomic E-state index is 5.48. The third-order valence-corrected chi connectivity index (χ3v) is 1.68. The van der Waals surface area contributed by atoms with E-state index in [0.29, 0.717) is 4.99 Å². The van der Waals surface area contributed by atoms with Gasteiger partial charge >= 0.3 is 0 Å². The zero-order valence-corrected chi connectivity index (χ0v) is 7.11. The highest BCUT2D eigenvalue weighted by molar-refractivity contribution is 7.80. The molecule has 0 spiro atoms. The highest BCUT2D eigenvalue weighted by Crippen LogP contribution is 2.12. The summed E-state index contributed by atoms with van der Waals surface area (Å²) >= 11 is 4.85. The maximum absolute atomic E-state index is 5.48. The summed E-state index contributed by atoms with van der Waals surface area (Å²) in [7, 11) is 1.84. The Morgan fingerprint density at radius 2 is 2.09 bits per heavy atom. The Bertz CT molecular complexity index is 271. The lowest BCUT2D eigenvalue weighted by atomic mass is 10.2. The number of thiocarbonyl (C=S) groups is 1. The molecule has 0 atom stereocenters. The number of rotatable bonds is 2. The molecule has 3 N–H and O–H groups in total. The summed E-state index contributed by atoms with van der Waals surface area (Å²) in [6.45, 7) is 0. The predicted octanol–water partition coefficient (Wildman–Crippen LogP) is 1.36. The van der Waals surface area contributed by atoms with Crippen LogP contribution >= 0.6 is 12.2 Å². The van der Waals surface area contributed by atoms with Crippen LogP contribution in [-0.4, -0.2) is 12.0 Å². The SMILES string of the molecule is CNc1ccccc1C(N)=S. The highest BCUT2D eigenvalue weighted by atomic mass is 32.1. The molecular weight excluding hydrogens is 156 g/mol. The van der Waals surface area contributed by atoms with Crippen molar-refractivity contribution in [2.45, 2.75) is 0 Å². The van der Waals surface area contributed by atoms with Crippen molar-refractivity contribution in [2.75, 3.05) is 12.4 Å². The standard InChI is InChI=1S/C8H10N2S/c1-10-7-5-3-2-4-6(7)8(9)11/h2-5,10H,1H3,(H2,9,11). The van der Waals surface area contributed by atoms with Gasteiger partial charge in [0.15, 0.2) is 0 Å². The van der Waals surface area contributed by atoms with Crippen LogP contribution < -0.4 is 11.1 Å². The minimum atomic E-state index is 0.426. The Balaban J connectivity index is 3.12. The molecule has 1 aromatic carbocycles. The second-order valence-corrected chi connectivity index (χ2v) is 2.60. The van der Waals surface area contributed by atoms with Gasteiger partial charge in [-0.15, -0.1) is 0 Å². The Morgan fingerprint density at radius 1 is 1.45 bits per heavy atom. The Labute approximate surface area is 71.4 Å². The van der Waals surface area contributed by atoms with Crippen molar-refractivity contribution in [3.05, 3.63) is 29.8 Å². The molecule has 2 nitrogen and oxygen atoms in total. The minimum absolute atomic E-state index is 0.426. The van der Waals surface area contributed by atoms with Crippen LogP contribution in [0.2, 0.25) is 0 Å². The number of anilines is 1. The monoisotopic (exact) mass is 166 g/mol. The van der Waals surface area contributed by atoms with Crippen molar-refractivity contribution < 1.29 is 0 Å². The first-order chi connectivity index (χ1) is 5.25. The lowest BCUT2D eigenvalue weighted by Gasteiger charge is -2.05. The topological polar surface area (TPSA) is 38.0 Å². The van der Waals surface area contributed by atoms with E-state index in [1.165, 1.54) is 0 Å². The molecular formula is C8H10N2S. The lowest BCUT2D eigenvalue weighted by molar-refractivity contribution is 1.49. The van der Waals surface area contributed by atoms with Gasteiger partial charge in [0, 0.05) is 18.3 Å². The summed E-state index contributed by atoms with van der Waals surface area (Å²) in [4.78, 5) is 0.426. The van der Waals surface area contributed by atoms with Crippen LogP contribution in [0.5, 0.6) is 0 Å². The fraction of sp³-hybridized carbons (Fsp3) is 0.125. The first-order valence-corrected chi connectivity index (χ1v) is 3.73. The van der Waals surface area contributed by atoms with E-state index in [1.54, 1.807) is 0 Å². The Kier molecular flexibility index (Phi) is 2.44. The molecule has 0 aliphatic heterocycles. The number of nitrogens with one attached hydrogen (secondary N) is 1. The maximum Gasteiger partial charge on any atom is 0.106 e. The molecule has 0 unspecified atom stereocenters. The van der Waals surface area contributed by atoms with Gasteiger partial charge in [0.25, 0.3) is 0 Å². The van der Waals surface area contributed by atoms with Gasteiger partial charge in [0.2, 0.25) is 0 Å². The lowest BCUT2D eigenvalue weighted by Crippen LogP contribution is -2.11. The van der Waals surface area contributed by atoms with Crippen molar-refractivity contribution in [3.8, 4) is 0 Å². The molecule has 11 heavy (non-hydrogen) atoms. The average Bonchev–Trinajstić information content (AvgIpc) is 2.04. The fourth-order valence-corrected chi connectivity index (χ4v) is 1.09. The summed E-state index contributed by atoms with van der Waals surface area (Å²) in [5.41, 5.74) is 7.35. The van der Waals surface area contributed by atoms with Crippen molar-refractivity contribution in [1.29, 1.82) is 0 Å². The molecule has 0 aromatic heterocycles. The van der Waals surface area contributed by atoms with Gasteiger partial charge in [-0.25, -0.2) is 0 Å². The van der Waals surface area contributed by atoms with E-state index >= 15 is 0 Å². The van der Waals surface area contributed by atoms with E-state index < -0.39 is 0 Å². The number of benzene rings is 1. The van der Waals surface area contributed by atoms with E-state index in [-0.39, 0.29) is 0 Å². The van der Waals surface area contributed by atoms with Gasteiger partial charge in [0.05, 0.1) is 0 Å². The summed E-state index contributed by atoms with van der Waals surface area (Å²) < 4.78 is 0. The van der Waals surface area contributed by atoms with Crippen LogP contribution in [0.4, 0.5) is 5.69 Å². The van der Waals surface area contributed by atoms with Crippen molar-refractivity contribution in [1.82, 2.24) is 0 Å². The highest BCUT2D eigenvalue weighted by Gasteiger charge is 1.99. The van der Waals surface area contributed by atoms with Gasteiger partial charge in [-0.3, -0.25) is 0 Å². The Hall–Kier alpha value is -1.09. The third-order valence-electron chi connectivity index (χ3n) is 1.46. The van der Waals surface area contributed by atoms with Crippen LogP contribution in [0.25, 0.3) is 0 Å². The summed E-state index contributed by atoms with van der Waals surface area (Å²) in [5.74, 6) is 0. The molecule has 1 rings (SSSR count). The van der Waals surface area contributed by atoms with Crippen LogP contribution in [0, 0.1) is 0 Å². The Morgan fingerprint density at radius 3 is 2.55 bits per heavy atom. The molecule has 0 bridgehead atoms. The van der Waals surface area contributed by atoms with Gasteiger partial charge in [-0.05, 0) is 12.1 Å². The van der Waals surface area contributed by atoms with Crippen molar-refractivity contribution >= 4 is 22.9 Å². The predicted molar refractivity (Wildman–Crippen MR) is 51.9 cm³/mol. The number of para-hydroxylation sites is 1. The van der Waals surface area contributed by atoms with Crippen molar-refractivity contribution in [3.63, 3.8) is 0 Å². The summed E-state index contributed by atoms with van der Waals surface area (Å²) in [6, 6.07) is 7.69. The van der Waals surface area contributed by atoms with E-state index in [9.17, 15) is 0 Å². The van der Waals surface area contributed by atoms with Gasteiger partial charge in [0.1, 0.15) is 4.99 Å². The van der Waals surface area contributed by atoms with E-state index in [1.807, 2.05) is 31.3 Å². The first-order valence-electron chi connectivity index (χ1n) is 3.32. The van der Waals surface area contributed by atoms with Gasteiger partial charge < -0.3 is 11.1 Å². The van der Waals surface area contributed by atoms with Crippen molar-refractivity contribution in [2.24, 2.45) is 5.73 Å². The molecule has 0 heterocycles. The van der Waals surface area contributed by atoms with Gasteiger partial charge in [-0.1, -0.05) is 24.4 Å². The fourth-order valence-electron chi connectivity index (χ4n) is 0.916. The minimum Gasteiger partial charge on any atom is -0.389 e. The van der Waals surface area contributed by atoms with Crippen LogP contribution in [-0.2, 0) is 0 Å². The summed E-state index contributed by atoms with van der Waals surface area (Å²) in [6.07, 6.45) is 0. The van der Waals surface area contributed by atoms with E-state index in [4.69, 9.17) is 18.0 Å². The van der Waals surface area contributed by atoms with E-state index in [0.717, 1.165) is 11.3 Å². The largest absolute Gasteiger partial charge is 0.389 e. The summed E-state index contributed by atoms with van der Waals surface area (Å²) in [5, 5.41) is 3.01. The second-order valence-electron chi connectivity index (χ2n) is 2.16. The smallest absolute Gasteiger partial charge is 0.106 e. The molecule has 0 saturated heterocycles. The average molecular weight is 166 g/mol. The number of hydrogen-bond donors (Lipinski definition) is 2. The first kappa shape index (κ1) is 8.01. The second kappa shape index (κ2) is 3.34. The third kappa shape index (κ3) is 1.68. The van der Waals surface area contributed by atoms with Gasteiger partial charge in [-0.2, -0.15) is 0 Å². The molecule has 0 radical (unpaired) electrons. The molecule has 0 aliphatic carbocycles. The van der Waals surface area contributed by atoms with E-state index in [2.05, 4.69) is 5.32 Å². The normalized spacial score (nSPS) is 9.18.